The Hall–Kier alpha value is -1.83. The van der Waals surface area contributed by atoms with E-state index in [0.29, 0.717) is 0 Å². The summed E-state index contributed by atoms with van der Waals surface area (Å²) in [6.45, 7) is 0. The first kappa shape index (κ1) is 10.7. The standard InChI is InChI=1S/C8H8FN5OS/c1-13-8(15)5(4-14(13)16-9)7-11-3-2-6(10)12-7/h2-4H,1H3,(H2,10,11,12). The van der Waals surface area contributed by atoms with E-state index < -0.39 is 0 Å². The van der Waals surface area contributed by atoms with Gasteiger partial charge in [0.15, 0.2) is 18.2 Å². The minimum absolute atomic E-state index is 0.0779. The third kappa shape index (κ3) is 1.67. The van der Waals surface area contributed by atoms with Crippen LogP contribution < -0.4 is 11.3 Å². The molecular formula is C8H8FN5OS. The lowest BCUT2D eigenvalue weighted by Crippen LogP contribution is -2.17. The van der Waals surface area contributed by atoms with E-state index in [4.69, 9.17) is 5.73 Å². The molecule has 0 spiro atoms. The van der Waals surface area contributed by atoms with Crippen LogP contribution in [0.25, 0.3) is 11.4 Å². The van der Waals surface area contributed by atoms with E-state index in [2.05, 4.69) is 9.97 Å². The highest BCUT2D eigenvalue weighted by Gasteiger charge is 2.13. The number of anilines is 1. The second kappa shape index (κ2) is 3.97. The van der Waals surface area contributed by atoms with Crippen molar-refractivity contribution in [3.63, 3.8) is 0 Å². The topological polar surface area (TPSA) is 78.7 Å². The van der Waals surface area contributed by atoms with Crippen molar-refractivity contribution in [3.8, 4) is 11.4 Å². The van der Waals surface area contributed by atoms with Gasteiger partial charge in [-0.3, -0.25) is 4.79 Å². The molecule has 0 aliphatic rings. The summed E-state index contributed by atoms with van der Waals surface area (Å²) in [5.74, 6) is 0.445. The molecule has 8 heteroatoms. The molecule has 16 heavy (non-hydrogen) atoms. The van der Waals surface area contributed by atoms with Crippen molar-refractivity contribution >= 4 is 18.2 Å². The molecule has 0 aliphatic heterocycles. The summed E-state index contributed by atoms with van der Waals surface area (Å²) in [5.41, 5.74) is 5.31. The molecule has 84 valence electrons. The molecule has 2 N–H and O–H groups in total. The molecule has 0 aliphatic carbocycles. The number of hydrogen-bond acceptors (Lipinski definition) is 5. The Morgan fingerprint density at radius 1 is 1.56 bits per heavy atom. The van der Waals surface area contributed by atoms with Gasteiger partial charge in [0.1, 0.15) is 11.4 Å². The van der Waals surface area contributed by atoms with Crippen LogP contribution in [-0.2, 0) is 7.05 Å². The number of nitrogen functional groups attached to an aromatic ring is 1. The number of halogens is 1. The summed E-state index contributed by atoms with van der Waals surface area (Å²) < 4.78 is 14.6. The molecule has 0 amide bonds. The van der Waals surface area contributed by atoms with E-state index in [9.17, 15) is 8.68 Å². The predicted octanol–water partition coefficient (Wildman–Crippen LogP) is 0.607. The lowest BCUT2D eigenvalue weighted by molar-refractivity contribution is 0.686. The minimum Gasteiger partial charge on any atom is -0.384 e. The van der Waals surface area contributed by atoms with Crippen molar-refractivity contribution in [3.05, 3.63) is 28.8 Å². The summed E-state index contributed by atoms with van der Waals surface area (Å²) in [6, 6.07) is 1.51. The fraction of sp³-hybridized carbons (Fsp3) is 0.125. The predicted molar refractivity (Wildman–Crippen MR) is 59.2 cm³/mol. The number of nitrogens with zero attached hydrogens (tertiary/aromatic N) is 4. The molecule has 0 aromatic carbocycles. The molecule has 2 rings (SSSR count). The molecule has 6 nitrogen and oxygen atoms in total. The summed E-state index contributed by atoms with van der Waals surface area (Å²) in [4.78, 5) is 19.5. The van der Waals surface area contributed by atoms with Crippen molar-refractivity contribution in [2.45, 2.75) is 0 Å². The van der Waals surface area contributed by atoms with Gasteiger partial charge in [-0.2, -0.15) is 0 Å². The monoisotopic (exact) mass is 241 g/mol. The normalized spacial score (nSPS) is 10.6. The van der Waals surface area contributed by atoms with Gasteiger partial charge in [-0.05, 0) is 6.07 Å². The molecular weight excluding hydrogens is 233 g/mol. The first-order valence-corrected chi connectivity index (χ1v) is 4.97. The lowest BCUT2D eigenvalue weighted by Gasteiger charge is -1.95. The van der Waals surface area contributed by atoms with Crippen molar-refractivity contribution < 1.29 is 3.89 Å². The van der Waals surface area contributed by atoms with Crippen LogP contribution in [0.2, 0.25) is 0 Å². The summed E-state index contributed by atoms with van der Waals surface area (Å²) in [6.07, 6.45) is 2.76. The van der Waals surface area contributed by atoms with E-state index in [0.717, 1.165) is 8.77 Å². The smallest absolute Gasteiger partial charge is 0.278 e. The zero-order chi connectivity index (χ0) is 11.7. The number of hydrogen-bond donors (Lipinski definition) is 1. The largest absolute Gasteiger partial charge is 0.384 e. The van der Waals surface area contributed by atoms with Gasteiger partial charge in [0.25, 0.3) is 5.56 Å². The number of rotatable bonds is 2. The fourth-order valence-corrected chi connectivity index (χ4v) is 1.55. The highest BCUT2D eigenvalue weighted by molar-refractivity contribution is 7.92. The highest BCUT2D eigenvalue weighted by atomic mass is 32.2. The molecule has 2 aromatic heterocycles. The van der Waals surface area contributed by atoms with Gasteiger partial charge in [-0.1, -0.05) is 0 Å². The van der Waals surface area contributed by atoms with Gasteiger partial charge in [0.2, 0.25) is 0 Å². The molecule has 0 saturated carbocycles. The van der Waals surface area contributed by atoms with Gasteiger partial charge >= 0.3 is 0 Å². The van der Waals surface area contributed by atoms with E-state index in [1.165, 1.54) is 25.5 Å². The van der Waals surface area contributed by atoms with E-state index in [-0.39, 0.29) is 35.1 Å². The second-order valence-corrected chi connectivity index (χ2v) is 3.56. The molecule has 2 heterocycles. The highest BCUT2D eigenvalue weighted by Crippen LogP contribution is 2.14. The lowest BCUT2D eigenvalue weighted by atomic mass is 10.3. The Bertz CT molecular complexity index is 578. The fourth-order valence-electron chi connectivity index (χ4n) is 1.24. The molecule has 0 bridgehead atoms. The molecule has 2 aromatic rings. The Morgan fingerprint density at radius 2 is 2.31 bits per heavy atom. The summed E-state index contributed by atoms with van der Waals surface area (Å²) >= 11 is -0.0779. The van der Waals surface area contributed by atoms with Gasteiger partial charge in [-0.25, -0.2) is 18.7 Å². The maximum atomic E-state index is 12.4. The van der Waals surface area contributed by atoms with Gasteiger partial charge in [0, 0.05) is 13.2 Å². The van der Waals surface area contributed by atoms with Crippen molar-refractivity contribution in [1.29, 1.82) is 0 Å². The molecule has 0 saturated heterocycles. The Balaban J connectivity index is 2.61. The van der Waals surface area contributed by atoms with Crippen LogP contribution in [0.1, 0.15) is 0 Å². The van der Waals surface area contributed by atoms with E-state index >= 15 is 0 Å². The van der Waals surface area contributed by atoms with Gasteiger partial charge in [-0.15, -0.1) is 3.89 Å². The van der Waals surface area contributed by atoms with Crippen LogP contribution in [0.5, 0.6) is 0 Å². The van der Waals surface area contributed by atoms with Gasteiger partial charge in [0.05, 0.1) is 6.20 Å². The van der Waals surface area contributed by atoms with Crippen LogP contribution in [-0.4, -0.2) is 18.7 Å². The average Bonchev–Trinajstić information content (AvgIpc) is 2.56. The third-order valence-electron chi connectivity index (χ3n) is 2.05. The molecule has 0 atom stereocenters. The van der Waals surface area contributed by atoms with Crippen LogP contribution >= 0.6 is 12.3 Å². The average molecular weight is 241 g/mol. The van der Waals surface area contributed by atoms with Crippen LogP contribution in [0.4, 0.5) is 9.70 Å². The number of nitrogens with two attached hydrogens (primary N) is 1. The van der Waals surface area contributed by atoms with E-state index in [1.54, 1.807) is 0 Å². The zero-order valence-electron chi connectivity index (χ0n) is 8.29. The van der Waals surface area contributed by atoms with Crippen molar-refractivity contribution in [2.24, 2.45) is 7.05 Å². The maximum absolute atomic E-state index is 12.4. The first-order chi connectivity index (χ1) is 7.63. The number of aromatic nitrogens is 4. The molecule has 0 fully saturated rings. The van der Waals surface area contributed by atoms with Crippen LogP contribution in [0.3, 0.4) is 0 Å². The second-order valence-electron chi connectivity index (χ2n) is 3.05. The quantitative estimate of drug-likeness (QED) is 0.833. The van der Waals surface area contributed by atoms with Crippen LogP contribution in [0.15, 0.2) is 23.3 Å². The zero-order valence-corrected chi connectivity index (χ0v) is 9.11. The first-order valence-electron chi connectivity index (χ1n) is 4.30. The Labute approximate surface area is 94.3 Å². The third-order valence-corrected chi connectivity index (χ3v) is 2.54. The van der Waals surface area contributed by atoms with Crippen molar-refractivity contribution in [1.82, 2.24) is 18.7 Å². The minimum atomic E-state index is -0.379. The molecule has 0 unspecified atom stereocenters. The van der Waals surface area contributed by atoms with E-state index in [1.807, 2.05) is 0 Å². The molecule has 0 radical (unpaired) electrons. The van der Waals surface area contributed by atoms with Crippen LogP contribution in [0, 0.1) is 0 Å². The Kier molecular flexibility index (Phi) is 2.65. The van der Waals surface area contributed by atoms with Gasteiger partial charge < -0.3 is 5.73 Å². The Morgan fingerprint density at radius 3 is 2.88 bits per heavy atom. The summed E-state index contributed by atoms with van der Waals surface area (Å²) in [7, 11) is 1.45. The maximum Gasteiger partial charge on any atom is 0.278 e. The van der Waals surface area contributed by atoms with Crippen molar-refractivity contribution in [2.75, 3.05) is 5.73 Å². The summed E-state index contributed by atoms with van der Waals surface area (Å²) in [5, 5.41) is 0. The SMILES string of the molecule is Cn1c(=O)c(-c2nccc(N)n2)cn1SF.